The summed E-state index contributed by atoms with van der Waals surface area (Å²) in [6, 6.07) is 8.90. The van der Waals surface area contributed by atoms with Crippen LogP contribution in [0.25, 0.3) is 0 Å². The van der Waals surface area contributed by atoms with Gasteiger partial charge in [0.2, 0.25) is 10.0 Å². The average molecular weight is 347 g/mol. The number of ether oxygens (including phenoxy) is 2. The van der Waals surface area contributed by atoms with Crippen LogP contribution in [0.5, 0.6) is 11.5 Å². The average Bonchev–Trinajstić information content (AvgIpc) is 2.99. The lowest BCUT2D eigenvalue weighted by Crippen LogP contribution is -2.26. The third-order valence-electron chi connectivity index (χ3n) is 4.38. The van der Waals surface area contributed by atoms with E-state index >= 15 is 0 Å². The topological polar surface area (TPSA) is 55.8 Å². The fraction of sp³-hybridized carbons (Fsp3) is 0.333. The van der Waals surface area contributed by atoms with Gasteiger partial charge in [-0.05, 0) is 42.7 Å². The number of methoxy groups -OCH3 is 2. The Kier molecular flexibility index (Phi) is 4.27. The Balaban J connectivity index is 2.00. The molecule has 2 aromatic rings. The van der Waals surface area contributed by atoms with Crippen LogP contribution in [0.2, 0.25) is 0 Å². The van der Waals surface area contributed by atoms with Gasteiger partial charge in [-0.3, -0.25) is 0 Å². The van der Waals surface area contributed by atoms with E-state index in [0.29, 0.717) is 24.6 Å². The molecule has 0 aromatic heterocycles. The number of aryl methyl sites for hydroxylation is 2. The highest BCUT2D eigenvalue weighted by molar-refractivity contribution is 7.89. The van der Waals surface area contributed by atoms with Gasteiger partial charge in [-0.2, -0.15) is 4.31 Å². The zero-order chi connectivity index (χ0) is 17.5. The van der Waals surface area contributed by atoms with Crippen molar-refractivity contribution in [2.24, 2.45) is 0 Å². The third-order valence-corrected chi connectivity index (χ3v) is 6.21. The lowest BCUT2D eigenvalue weighted by Gasteiger charge is -2.18. The molecule has 1 aliphatic rings. The zero-order valence-corrected chi connectivity index (χ0v) is 15.1. The standard InChI is InChI=1S/C18H21NO4S/c1-12-7-13(2)16-11-19(10-14(16)8-12)24(20,21)18-6-5-15(22-3)9-17(18)23-4/h5-9H,10-11H2,1-4H3. The second-order valence-corrected chi connectivity index (χ2v) is 7.92. The van der Waals surface area contributed by atoms with Gasteiger partial charge in [-0.25, -0.2) is 8.42 Å². The normalized spacial score (nSPS) is 14.5. The van der Waals surface area contributed by atoms with Gasteiger partial charge in [0.25, 0.3) is 0 Å². The van der Waals surface area contributed by atoms with Gasteiger partial charge >= 0.3 is 0 Å². The summed E-state index contributed by atoms with van der Waals surface area (Å²) in [5, 5.41) is 0. The molecule has 0 amide bonds. The van der Waals surface area contributed by atoms with E-state index in [1.54, 1.807) is 12.1 Å². The van der Waals surface area contributed by atoms with Gasteiger partial charge in [0.15, 0.2) is 0 Å². The molecule has 1 heterocycles. The summed E-state index contributed by atoms with van der Waals surface area (Å²) >= 11 is 0. The molecule has 128 valence electrons. The van der Waals surface area contributed by atoms with Crippen LogP contribution < -0.4 is 9.47 Å². The van der Waals surface area contributed by atoms with Gasteiger partial charge in [0, 0.05) is 19.2 Å². The molecule has 0 unspecified atom stereocenters. The Hall–Kier alpha value is -2.05. The van der Waals surface area contributed by atoms with E-state index in [0.717, 1.165) is 22.3 Å². The van der Waals surface area contributed by atoms with E-state index in [1.807, 2.05) is 13.8 Å². The SMILES string of the molecule is COc1ccc(S(=O)(=O)N2Cc3cc(C)cc(C)c3C2)c(OC)c1. The van der Waals surface area contributed by atoms with Crippen molar-refractivity contribution in [1.82, 2.24) is 4.31 Å². The molecule has 2 aromatic carbocycles. The molecule has 0 aliphatic carbocycles. The first kappa shape index (κ1) is 16.8. The molecule has 6 heteroatoms. The maximum absolute atomic E-state index is 13.1. The van der Waals surface area contributed by atoms with Crippen molar-refractivity contribution in [1.29, 1.82) is 0 Å². The van der Waals surface area contributed by atoms with Crippen LogP contribution in [0, 0.1) is 13.8 Å². The molecule has 0 fully saturated rings. The zero-order valence-electron chi connectivity index (χ0n) is 14.3. The number of rotatable bonds is 4. The number of hydrogen-bond acceptors (Lipinski definition) is 4. The van der Waals surface area contributed by atoms with E-state index in [4.69, 9.17) is 9.47 Å². The fourth-order valence-corrected chi connectivity index (χ4v) is 4.69. The molecule has 0 radical (unpaired) electrons. The Morgan fingerprint density at radius 2 is 1.75 bits per heavy atom. The molecule has 24 heavy (non-hydrogen) atoms. The summed E-state index contributed by atoms with van der Waals surface area (Å²) in [6.45, 7) is 4.82. The van der Waals surface area contributed by atoms with Crippen molar-refractivity contribution >= 4 is 10.0 Å². The Morgan fingerprint density at radius 3 is 2.42 bits per heavy atom. The lowest BCUT2D eigenvalue weighted by atomic mass is 10.0. The minimum atomic E-state index is -3.65. The quantitative estimate of drug-likeness (QED) is 0.853. The molecule has 0 spiro atoms. The van der Waals surface area contributed by atoms with Crippen molar-refractivity contribution in [3.8, 4) is 11.5 Å². The molecule has 5 nitrogen and oxygen atoms in total. The highest BCUT2D eigenvalue weighted by Gasteiger charge is 2.33. The van der Waals surface area contributed by atoms with E-state index in [1.165, 1.54) is 24.6 Å². The van der Waals surface area contributed by atoms with Crippen LogP contribution in [0.1, 0.15) is 22.3 Å². The molecule has 0 saturated heterocycles. The van der Waals surface area contributed by atoms with Crippen LogP contribution >= 0.6 is 0 Å². The van der Waals surface area contributed by atoms with Gasteiger partial charge in [-0.15, -0.1) is 0 Å². The van der Waals surface area contributed by atoms with Crippen LogP contribution in [0.3, 0.4) is 0 Å². The van der Waals surface area contributed by atoms with Crippen LogP contribution in [-0.2, 0) is 23.1 Å². The maximum Gasteiger partial charge on any atom is 0.247 e. The molecule has 0 atom stereocenters. The van der Waals surface area contributed by atoms with Crippen molar-refractivity contribution in [2.75, 3.05) is 14.2 Å². The molecular formula is C18H21NO4S. The molecule has 1 aliphatic heterocycles. The van der Waals surface area contributed by atoms with E-state index in [-0.39, 0.29) is 4.90 Å². The largest absolute Gasteiger partial charge is 0.497 e. The number of nitrogens with zero attached hydrogens (tertiary/aromatic N) is 1. The summed E-state index contributed by atoms with van der Waals surface area (Å²) in [6.07, 6.45) is 0. The molecule has 0 N–H and O–H groups in total. The van der Waals surface area contributed by atoms with Crippen molar-refractivity contribution in [3.63, 3.8) is 0 Å². The highest BCUT2D eigenvalue weighted by atomic mass is 32.2. The lowest BCUT2D eigenvalue weighted by molar-refractivity contribution is 0.380. The Bertz CT molecular complexity index is 890. The first-order chi connectivity index (χ1) is 11.4. The van der Waals surface area contributed by atoms with Crippen molar-refractivity contribution in [2.45, 2.75) is 31.8 Å². The molecule has 3 rings (SSSR count). The van der Waals surface area contributed by atoms with Gasteiger partial charge in [0.1, 0.15) is 16.4 Å². The van der Waals surface area contributed by atoms with Crippen LogP contribution in [-0.4, -0.2) is 26.9 Å². The van der Waals surface area contributed by atoms with Crippen molar-refractivity contribution < 1.29 is 17.9 Å². The summed E-state index contributed by atoms with van der Waals surface area (Å²) in [7, 11) is -0.660. The Labute approximate surface area is 142 Å². The summed E-state index contributed by atoms with van der Waals surface area (Å²) in [4.78, 5) is 0.160. The van der Waals surface area contributed by atoms with Gasteiger partial charge < -0.3 is 9.47 Å². The first-order valence-electron chi connectivity index (χ1n) is 7.68. The Morgan fingerprint density at radius 1 is 1.00 bits per heavy atom. The minimum Gasteiger partial charge on any atom is -0.497 e. The first-order valence-corrected chi connectivity index (χ1v) is 9.12. The minimum absolute atomic E-state index is 0.160. The fourth-order valence-electron chi connectivity index (χ4n) is 3.17. The second-order valence-electron chi connectivity index (χ2n) is 6.01. The summed E-state index contributed by atoms with van der Waals surface area (Å²) in [5.41, 5.74) is 4.44. The predicted octanol–water partition coefficient (Wildman–Crippen LogP) is 3.03. The maximum atomic E-state index is 13.1. The second kappa shape index (κ2) is 6.11. The molecule has 0 bridgehead atoms. The highest BCUT2D eigenvalue weighted by Crippen LogP contribution is 2.35. The van der Waals surface area contributed by atoms with Crippen LogP contribution in [0.4, 0.5) is 0 Å². The van der Waals surface area contributed by atoms with E-state index in [2.05, 4.69) is 12.1 Å². The number of fused-ring (bicyclic) bond motifs is 1. The smallest absolute Gasteiger partial charge is 0.247 e. The molecule has 0 saturated carbocycles. The van der Waals surface area contributed by atoms with Crippen LogP contribution in [0.15, 0.2) is 35.2 Å². The van der Waals surface area contributed by atoms with Gasteiger partial charge in [0.05, 0.1) is 14.2 Å². The van der Waals surface area contributed by atoms with E-state index < -0.39 is 10.0 Å². The summed E-state index contributed by atoms with van der Waals surface area (Å²) < 4.78 is 38.1. The van der Waals surface area contributed by atoms with Crippen molar-refractivity contribution in [3.05, 3.63) is 52.6 Å². The predicted molar refractivity (Wildman–Crippen MR) is 91.9 cm³/mol. The number of hydrogen-bond donors (Lipinski definition) is 0. The number of benzene rings is 2. The van der Waals surface area contributed by atoms with E-state index in [9.17, 15) is 8.42 Å². The molecular weight excluding hydrogens is 326 g/mol. The summed E-state index contributed by atoms with van der Waals surface area (Å²) in [5.74, 6) is 0.847. The number of sulfonamides is 1. The monoisotopic (exact) mass is 347 g/mol. The third kappa shape index (κ3) is 2.76. The van der Waals surface area contributed by atoms with Gasteiger partial charge in [-0.1, -0.05) is 17.7 Å².